The summed E-state index contributed by atoms with van der Waals surface area (Å²) in [4.78, 5) is 0. The number of hydrogen-bond donors (Lipinski definition) is 2. The molecule has 1 saturated heterocycles. The summed E-state index contributed by atoms with van der Waals surface area (Å²) in [5.41, 5.74) is -0.560. The zero-order valence-corrected chi connectivity index (χ0v) is 8.84. The Hall–Kier alpha value is -0.120. The number of ether oxygens (including phenoxy) is 1. The quantitative estimate of drug-likeness (QED) is 0.687. The standard InChI is InChI=1S/C10H21NO2/c1-8-9(4-7-13-8)11-6-5-10(2,3)12/h8-9,11-12H,4-7H2,1-3H3. The number of nitrogens with one attached hydrogen (secondary N) is 1. The summed E-state index contributed by atoms with van der Waals surface area (Å²) >= 11 is 0. The van der Waals surface area contributed by atoms with Crippen LogP contribution in [0.25, 0.3) is 0 Å². The Bertz CT molecular complexity index is 153. The van der Waals surface area contributed by atoms with Crippen LogP contribution in [-0.4, -0.2) is 36.0 Å². The summed E-state index contributed by atoms with van der Waals surface area (Å²) in [6.07, 6.45) is 2.20. The van der Waals surface area contributed by atoms with Crippen molar-refractivity contribution in [3.8, 4) is 0 Å². The van der Waals surface area contributed by atoms with Crippen LogP contribution in [0.4, 0.5) is 0 Å². The van der Waals surface area contributed by atoms with Gasteiger partial charge in [-0.1, -0.05) is 0 Å². The lowest BCUT2D eigenvalue weighted by molar-refractivity contribution is 0.0678. The van der Waals surface area contributed by atoms with E-state index in [4.69, 9.17) is 4.74 Å². The minimum Gasteiger partial charge on any atom is -0.390 e. The lowest BCUT2D eigenvalue weighted by Gasteiger charge is -2.20. The third kappa shape index (κ3) is 4.07. The van der Waals surface area contributed by atoms with E-state index in [1.807, 2.05) is 13.8 Å². The monoisotopic (exact) mass is 187 g/mol. The van der Waals surface area contributed by atoms with Crippen LogP contribution in [0.1, 0.15) is 33.6 Å². The maximum absolute atomic E-state index is 9.49. The minimum absolute atomic E-state index is 0.321. The Morgan fingerprint density at radius 2 is 2.23 bits per heavy atom. The molecule has 3 heteroatoms. The van der Waals surface area contributed by atoms with Crippen LogP contribution in [0.5, 0.6) is 0 Å². The topological polar surface area (TPSA) is 41.5 Å². The van der Waals surface area contributed by atoms with E-state index in [9.17, 15) is 5.11 Å². The van der Waals surface area contributed by atoms with Crippen LogP contribution < -0.4 is 5.32 Å². The van der Waals surface area contributed by atoms with Gasteiger partial charge in [0.15, 0.2) is 0 Å². The van der Waals surface area contributed by atoms with Gasteiger partial charge >= 0.3 is 0 Å². The van der Waals surface area contributed by atoms with Gasteiger partial charge < -0.3 is 15.2 Å². The lowest BCUT2D eigenvalue weighted by atomic mass is 10.1. The van der Waals surface area contributed by atoms with Crippen molar-refractivity contribution in [3.63, 3.8) is 0 Å². The van der Waals surface area contributed by atoms with Gasteiger partial charge in [0.1, 0.15) is 0 Å². The van der Waals surface area contributed by atoms with E-state index >= 15 is 0 Å². The first-order valence-corrected chi connectivity index (χ1v) is 5.06. The zero-order chi connectivity index (χ0) is 9.90. The fourth-order valence-electron chi connectivity index (χ4n) is 1.56. The molecule has 78 valence electrons. The van der Waals surface area contributed by atoms with Crippen molar-refractivity contribution in [2.45, 2.75) is 51.4 Å². The zero-order valence-electron chi connectivity index (χ0n) is 8.84. The third-order valence-corrected chi connectivity index (χ3v) is 2.52. The smallest absolute Gasteiger partial charge is 0.0700 e. The van der Waals surface area contributed by atoms with E-state index in [0.29, 0.717) is 12.1 Å². The molecule has 1 aliphatic rings. The average Bonchev–Trinajstić information content (AvgIpc) is 2.34. The van der Waals surface area contributed by atoms with E-state index in [1.54, 1.807) is 0 Å². The van der Waals surface area contributed by atoms with Crippen LogP contribution in [-0.2, 0) is 4.74 Å². The normalized spacial score (nSPS) is 29.5. The summed E-state index contributed by atoms with van der Waals surface area (Å²) in [5.74, 6) is 0. The predicted molar refractivity (Wildman–Crippen MR) is 52.7 cm³/mol. The Morgan fingerprint density at radius 1 is 1.54 bits per heavy atom. The van der Waals surface area contributed by atoms with Gasteiger partial charge in [-0.25, -0.2) is 0 Å². The summed E-state index contributed by atoms with van der Waals surface area (Å²) < 4.78 is 5.42. The van der Waals surface area contributed by atoms with Gasteiger partial charge in [-0.3, -0.25) is 0 Å². The molecule has 2 N–H and O–H groups in total. The van der Waals surface area contributed by atoms with Crippen LogP contribution in [0, 0.1) is 0 Å². The fraction of sp³-hybridized carbons (Fsp3) is 1.00. The van der Waals surface area contributed by atoms with Gasteiger partial charge in [0.25, 0.3) is 0 Å². The molecule has 0 spiro atoms. The molecule has 1 rings (SSSR count). The largest absolute Gasteiger partial charge is 0.390 e. The van der Waals surface area contributed by atoms with Crippen LogP contribution in [0.3, 0.4) is 0 Å². The van der Waals surface area contributed by atoms with Gasteiger partial charge in [-0.15, -0.1) is 0 Å². The van der Waals surface area contributed by atoms with Crippen LogP contribution in [0.15, 0.2) is 0 Å². The minimum atomic E-state index is -0.560. The number of hydrogen-bond acceptors (Lipinski definition) is 3. The van der Waals surface area contributed by atoms with Crippen LogP contribution >= 0.6 is 0 Å². The third-order valence-electron chi connectivity index (χ3n) is 2.52. The second-order valence-corrected chi connectivity index (χ2v) is 4.49. The number of aliphatic hydroxyl groups is 1. The van der Waals surface area contributed by atoms with E-state index < -0.39 is 5.60 Å². The first-order valence-electron chi connectivity index (χ1n) is 5.06. The first-order chi connectivity index (χ1) is 5.99. The molecule has 0 amide bonds. The highest BCUT2D eigenvalue weighted by Crippen LogP contribution is 2.13. The Labute approximate surface area is 80.5 Å². The van der Waals surface area contributed by atoms with Crippen molar-refractivity contribution in [3.05, 3.63) is 0 Å². The van der Waals surface area contributed by atoms with E-state index in [-0.39, 0.29) is 0 Å². The summed E-state index contributed by atoms with van der Waals surface area (Å²) in [5, 5.41) is 12.9. The van der Waals surface area contributed by atoms with Gasteiger partial charge in [-0.2, -0.15) is 0 Å². The average molecular weight is 187 g/mol. The molecule has 1 heterocycles. The Balaban J connectivity index is 2.12. The molecule has 2 unspecified atom stereocenters. The van der Waals surface area contributed by atoms with Gasteiger partial charge in [0.05, 0.1) is 11.7 Å². The molecular formula is C10H21NO2. The highest BCUT2D eigenvalue weighted by atomic mass is 16.5. The van der Waals surface area contributed by atoms with Crippen molar-refractivity contribution in [2.75, 3.05) is 13.2 Å². The molecule has 0 bridgehead atoms. The van der Waals surface area contributed by atoms with Gasteiger partial charge in [0.2, 0.25) is 0 Å². The lowest BCUT2D eigenvalue weighted by Crippen LogP contribution is -2.37. The summed E-state index contributed by atoms with van der Waals surface area (Å²) in [7, 11) is 0. The maximum atomic E-state index is 9.49. The van der Waals surface area contributed by atoms with Crippen molar-refractivity contribution in [1.82, 2.24) is 5.32 Å². The summed E-state index contributed by atoms with van der Waals surface area (Å²) in [6.45, 7) is 7.49. The van der Waals surface area contributed by atoms with Crippen molar-refractivity contribution >= 4 is 0 Å². The highest BCUT2D eigenvalue weighted by molar-refractivity contribution is 4.80. The Morgan fingerprint density at radius 3 is 2.69 bits per heavy atom. The molecule has 0 aromatic heterocycles. The molecule has 0 saturated carbocycles. The SMILES string of the molecule is CC1OCCC1NCCC(C)(C)O. The van der Waals surface area contributed by atoms with Crippen LogP contribution in [0.2, 0.25) is 0 Å². The molecule has 0 aromatic carbocycles. The molecular weight excluding hydrogens is 166 g/mol. The van der Waals surface area contributed by atoms with Crippen molar-refractivity contribution in [2.24, 2.45) is 0 Å². The second-order valence-electron chi connectivity index (χ2n) is 4.49. The number of rotatable bonds is 4. The molecule has 1 fully saturated rings. The van der Waals surface area contributed by atoms with Gasteiger partial charge in [0, 0.05) is 12.6 Å². The van der Waals surface area contributed by atoms with E-state index in [1.165, 1.54) is 0 Å². The van der Waals surface area contributed by atoms with Gasteiger partial charge in [-0.05, 0) is 40.2 Å². The maximum Gasteiger partial charge on any atom is 0.0700 e. The molecule has 1 aliphatic heterocycles. The Kier molecular flexibility index (Phi) is 3.71. The molecule has 0 aliphatic carbocycles. The predicted octanol–water partition coefficient (Wildman–Crippen LogP) is 0.914. The molecule has 13 heavy (non-hydrogen) atoms. The second kappa shape index (κ2) is 4.40. The highest BCUT2D eigenvalue weighted by Gasteiger charge is 2.23. The molecule has 0 radical (unpaired) electrons. The van der Waals surface area contributed by atoms with Crippen molar-refractivity contribution in [1.29, 1.82) is 0 Å². The summed E-state index contributed by atoms with van der Waals surface area (Å²) in [6, 6.07) is 0.474. The van der Waals surface area contributed by atoms with E-state index in [2.05, 4.69) is 12.2 Å². The van der Waals surface area contributed by atoms with E-state index in [0.717, 1.165) is 26.0 Å². The molecule has 2 atom stereocenters. The molecule has 3 nitrogen and oxygen atoms in total. The molecule has 0 aromatic rings. The fourth-order valence-corrected chi connectivity index (χ4v) is 1.56. The first kappa shape index (κ1) is 11.0. The van der Waals surface area contributed by atoms with Crippen molar-refractivity contribution < 1.29 is 9.84 Å².